The zero-order valence-corrected chi connectivity index (χ0v) is 19.5. The predicted octanol–water partition coefficient (Wildman–Crippen LogP) is 6.52. The fraction of sp³-hybridized carbons (Fsp3) is 0.154. The molecule has 0 aliphatic heterocycles. The lowest BCUT2D eigenvalue weighted by atomic mass is 9.96. The van der Waals surface area contributed by atoms with Crippen LogP contribution in [0.15, 0.2) is 65.4 Å². The molecule has 7 heteroatoms. The summed E-state index contributed by atoms with van der Waals surface area (Å²) < 4.78 is 16.9. The zero-order valence-electron chi connectivity index (χ0n) is 18.7. The van der Waals surface area contributed by atoms with E-state index in [2.05, 4.69) is 10.3 Å². The number of benzene rings is 2. The van der Waals surface area contributed by atoms with Gasteiger partial charge in [0, 0.05) is 34.3 Å². The molecule has 33 heavy (non-hydrogen) atoms. The third-order valence-corrected chi connectivity index (χ3v) is 5.62. The Bertz CT molecular complexity index is 1340. The quantitative estimate of drug-likeness (QED) is 0.330. The van der Waals surface area contributed by atoms with E-state index in [1.54, 1.807) is 32.6 Å². The summed E-state index contributed by atoms with van der Waals surface area (Å²) in [5, 5.41) is 4.18. The number of allylic oxidation sites excluding steroid dienone is 1. The van der Waals surface area contributed by atoms with Crippen LogP contribution in [0.2, 0.25) is 5.02 Å². The summed E-state index contributed by atoms with van der Waals surface area (Å²) >= 11 is 5.86. The average molecular weight is 463 g/mol. The van der Waals surface area contributed by atoms with E-state index in [-0.39, 0.29) is 5.91 Å². The van der Waals surface area contributed by atoms with Crippen LogP contribution in [0, 0.1) is 6.92 Å². The van der Waals surface area contributed by atoms with E-state index in [0.29, 0.717) is 16.6 Å². The third kappa shape index (κ3) is 4.56. The molecule has 2 aromatic carbocycles. The minimum Gasteiger partial charge on any atom is -0.497 e. The molecular weight excluding hydrogens is 440 g/mol. The van der Waals surface area contributed by atoms with Crippen LogP contribution in [0.25, 0.3) is 27.7 Å². The molecule has 1 N–H and O–H groups in total. The first kappa shape index (κ1) is 22.4. The normalized spacial score (nSPS) is 11.5. The highest BCUT2D eigenvalue weighted by molar-refractivity contribution is 6.30. The van der Waals surface area contributed by atoms with Gasteiger partial charge in [0.05, 0.1) is 25.5 Å². The van der Waals surface area contributed by atoms with Crippen molar-refractivity contribution in [1.82, 2.24) is 4.98 Å². The number of rotatable bonds is 6. The number of nitrogens with one attached hydrogen (secondary N) is 1. The largest absolute Gasteiger partial charge is 0.497 e. The van der Waals surface area contributed by atoms with E-state index in [0.717, 1.165) is 44.5 Å². The fourth-order valence-corrected chi connectivity index (χ4v) is 3.86. The van der Waals surface area contributed by atoms with Gasteiger partial charge in [-0.2, -0.15) is 0 Å². The number of furan rings is 1. The molecule has 0 aliphatic carbocycles. The number of nitrogens with zero attached hydrogens (tertiary/aromatic N) is 1. The zero-order chi connectivity index (χ0) is 23.5. The van der Waals surface area contributed by atoms with Crippen LogP contribution in [0.1, 0.15) is 18.1 Å². The molecule has 0 fully saturated rings. The lowest BCUT2D eigenvalue weighted by Crippen LogP contribution is -2.10. The van der Waals surface area contributed by atoms with Crippen molar-refractivity contribution in [3.05, 3.63) is 77.2 Å². The topological polar surface area (TPSA) is 73.6 Å². The van der Waals surface area contributed by atoms with Crippen LogP contribution in [-0.2, 0) is 4.79 Å². The van der Waals surface area contributed by atoms with E-state index in [4.69, 9.17) is 25.5 Å². The Kier molecular flexibility index (Phi) is 6.38. The van der Waals surface area contributed by atoms with Crippen LogP contribution in [0.3, 0.4) is 0 Å². The Hall–Kier alpha value is -3.77. The van der Waals surface area contributed by atoms with E-state index < -0.39 is 0 Å². The maximum absolute atomic E-state index is 12.6. The van der Waals surface area contributed by atoms with E-state index in [9.17, 15) is 4.79 Å². The van der Waals surface area contributed by atoms with Gasteiger partial charge in [-0.3, -0.25) is 4.79 Å². The molecule has 2 aromatic heterocycles. The first-order valence-corrected chi connectivity index (χ1v) is 10.6. The number of hydrogen-bond acceptors (Lipinski definition) is 5. The predicted molar refractivity (Wildman–Crippen MR) is 131 cm³/mol. The molecule has 0 aliphatic rings. The molecule has 2 heterocycles. The molecule has 0 saturated carbocycles. The number of anilines is 1. The standard InChI is InChI=1S/C26H23ClN2O4/c1-15(11-24(30)29-23-10-7-18(27)13-28-23)20-12-21-22(17-5-8-19(31-3)9-6-17)14-33-26(21)16(2)25(20)32-4/h5-14H,1-4H3,(H,28,29,30)/b15-11+. The minimum absolute atomic E-state index is 0.301. The van der Waals surface area contributed by atoms with Crippen LogP contribution in [-0.4, -0.2) is 25.1 Å². The third-order valence-electron chi connectivity index (χ3n) is 5.40. The summed E-state index contributed by atoms with van der Waals surface area (Å²) in [5.41, 5.74) is 5.09. The summed E-state index contributed by atoms with van der Waals surface area (Å²) in [6.45, 7) is 3.81. The van der Waals surface area contributed by atoms with Gasteiger partial charge < -0.3 is 19.2 Å². The highest BCUT2D eigenvalue weighted by atomic mass is 35.5. The Morgan fingerprint density at radius 3 is 2.52 bits per heavy atom. The molecular formula is C26H23ClN2O4. The molecule has 6 nitrogen and oxygen atoms in total. The van der Waals surface area contributed by atoms with Gasteiger partial charge >= 0.3 is 0 Å². The second kappa shape index (κ2) is 9.38. The number of pyridine rings is 1. The van der Waals surface area contributed by atoms with E-state index in [1.165, 1.54) is 12.3 Å². The molecule has 0 saturated heterocycles. The van der Waals surface area contributed by atoms with Crippen molar-refractivity contribution >= 4 is 39.9 Å². The molecule has 0 spiro atoms. The van der Waals surface area contributed by atoms with Gasteiger partial charge in [0.1, 0.15) is 22.9 Å². The number of carbonyl (C=O) groups is 1. The number of methoxy groups -OCH3 is 2. The molecule has 4 rings (SSSR count). The van der Waals surface area contributed by atoms with Crippen LogP contribution in [0.5, 0.6) is 11.5 Å². The second-order valence-electron chi connectivity index (χ2n) is 7.52. The summed E-state index contributed by atoms with van der Waals surface area (Å²) in [6.07, 6.45) is 4.74. The minimum atomic E-state index is -0.301. The van der Waals surface area contributed by atoms with Crippen LogP contribution in [0.4, 0.5) is 5.82 Å². The molecule has 0 bridgehead atoms. The maximum Gasteiger partial charge on any atom is 0.249 e. The summed E-state index contributed by atoms with van der Waals surface area (Å²) in [4.78, 5) is 16.7. The van der Waals surface area contributed by atoms with Gasteiger partial charge in [-0.1, -0.05) is 23.7 Å². The van der Waals surface area contributed by atoms with Gasteiger partial charge in [0.15, 0.2) is 0 Å². The summed E-state index contributed by atoms with van der Waals surface area (Å²) in [7, 11) is 3.24. The Morgan fingerprint density at radius 1 is 1.12 bits per heavy atom. The molecule has 0 unspecified atom stereocenters. The highest BCUT2D eigenvalue weighted by Crippen LogP contribution is 2.40. The molecule has 0 radical (unpaired) electrons. The Labute approximate surface area is 196 Å². The summed E-state index contributed by atoms with van der Waals surface area (Å²) in [6, 6.07) is 13.1. The number of aryl methyl sites for hydroxylation is 1. The van der Waals surface area contributed by atoms with Gasteiger partial charge in [0.25, 0.3) is 0 Å². The SMILES string of the molecule is COc1ccc(-c2coc3c(C)c(OC)c(/C(C)=C/C(=O)Nc4ccc(Cl)cn4)cc23)cc1. The van der Waals surface area contributed by atoms with Gasteiger partial charge in [-0.15, -0.1) is 0 Å². The summed E-state index contributed by atoms with van der Waals surface area (Å²) in [5.74, 6) is 1.56. The van der Waals surface area contributed by atoms with E-state index in [1.807, 2.05) is 44.2 Å². The highest BCUT2D eigenvalue weighted by Gasteiger charge is 2.19. The second-order valence-corrected chi connectivity index (χ2v) is 7.95. The average Bonchev–Trinajstić information content (AvgIpc) is 3.25. The molecule has 168 valence electrons. The number of halogens is 1. The maximum atomic E-state index is 12.6. The number of ether oxygens (including phenoxy) is 2. The first-order valence-electron chi connectivity index (χ1n) is 10.3. The number of hydrogen-bond donors (Lipinski definition) is 1. The Balaban J connectivity index is 1.74. The van der Waals surface area contributed by atoms with Crippen molar-refractivity contribution in [1.29, 1.82) is 0 Å². The van der Waals surface area contributed by atoms with Crippen LogP contribution < -0.4 is 14.8 Å². The first-order chi connectivity index (χ1) is 15.9. The number of carbonyl (C=O) groups excluding carboxylic acids is 1. The van der Waals surface area contributed by atoms with Crippen molar-refractivity contribution in [2.24, 2.45) is 0 Å². The monoisotopic (exact) mass is 462 g/mol. The molecule has 0 atom stereocenters. The van der Waals surface area contributed by atoms with Crippen molar-refractivity contribution < 1.29 is 18.7 Å². The lowest BCUT2D eigenvalue weighted by molar-refractivity contribution is -0.111. The lowest BCUT2D eigenvalue weighted by Gasteiger charge is -2.13. The van der Waals surface area contributed by atoms with Crippen molar-refractivity contribution in [2.45, 2.75) is 13.8 Å². The number of amides is 1. The van der Waals surface area contributed by atoms with E-state index >= 15 is 0 Å². The molecule has 1 amide bonds. The number of aromatic nitrogens is 1. The number of fused-ring (bicyclic) bond motifs is 1. The smallest absolute Gasteiger partial charge is 0.249 e. The van der Waals surface area contributed by atoms with Crippen molar-refractivity contribution in [3.8, 4) is 22.6 Å². The van der Waals surface area contributed by atoms with Gasteiger partial charge in [-0.25, -0.2) is 4.98 Å². The molecule has 4 aromatic rings. The van der Waals surface area contributed by atoms with Gasteiger partial charge in [0.2, 0.25) is 5.91 Å². The van der Waals surface area contributed by atoms with Crippen LogP contribution >= 0.6 is 11.6 Å². The Morgan fingerprint density at radius 2 is 1.88 bits per heavy atom. The van der Waals surface area contributed by atoms with Crippen molar-refractivity contribution in [3.63, 3.8) is 0 Å². The van der Waals surface area contributed by atoms with Gasteiger partial charge in [-0.05, 0) is 55.3 Å². The van der Waals surface area contributed by atoms with Crippen molar-refractivity contribution in [2.75, 3.05) is 19.5 Å². The fourth-order valence-electron chi connectivity index (χ4n) is 3.75.